The van der Waals surface area contributed by atoms with Crippen molar-refractivity contribution >= 4 is 18.0 Å². The lowest BCUT2D eigenvalue weighted by molar-refractivity contribution is -0.117. The van der Waals surface area contributed by atoms with E-state index in [-0.39, 0.29) is 11.5 Å². The molecule has 6 heteroatoms. The summed E-state index contributed by atoms with van der Waals surface area (Å²) in [6, 6.07) is 18.9. The molecule has 0 spiro atoms. The molecule has 2 aromatic carbocycles. The van der Waals surface area contributed by atoms with Crippen molar-refractivity contribution in [3.63, 3.8) is 0 Å². The van der Waals surface area contributed by atoms with Crippen molar-refractivity contribution in [2.24, 2.45) is 0 Å². The topological polar surface area (TPSA) is 84.1 Å². The van der Waals surface area contributed by atoms with Gasteiger partial charge in [-0.05, 0) is 67.8 Å². The highest BCUT2D eigenvalue weighted by Gasteiger charge is 2.16. The summed E-state index contributed by atoms with van der Waals surface area (Å²) in [6.07, 6.45) is 1.61. The maximum atomic E-state index is 12.6. The van der Waals surface area contributed by atoms with Gasteiger partial charge in [0.15, 0.2) is 0 Å². The minimum Gasteiger partial charge on any atom is -0.465 e. The van der Waals surface area contributed by atoms with Gasteiger partial charge < -0.3 is 14.6 Å². The first kappa shape index (κ1) is 22.6. The Bertz CT molecular complexity index is 1230. The van der Waals surface area contributed by atoms with Crippen molar-refractivity contribution in [3.05, 3.63) is 93.8 Å². The molecule has 3 aromatic rings. The Labute approximate surface area is 187 Å². The van der Waals surface area contributed by atoms with Crippen molar-refractivity contribution in [1.29, 1.82) is 5.26 Å². The highest BCUT2D eigenvalue weighted by Crippen LogP contribution is 2.25. The summed E-state index contributed by atoms with van der Waals surface area (Å²) in [5.74, 6) is -0.802. The molecule has 1 N–H and O–H groups in total. The summed E-state index contributed by atoms with van der Waals surface area (Å²) in [4.78, 5) is 24.4. The van der Waals surface area contributed by atoms with E-state index in [1.165, 1.54) is 7.11 Å². The van der Waals surface area contributed by atoms with Crippen LogP contribution in [0.4, 0.5) is 0 Å². The highest BCUT2D eigenvalue weighted by molar-refractivity contribution is 6.01. The number of carbonyl (C=O) groups excluding carboxylic acids is 2. The van der Waals surface area contributed by atoms with E-state index < -0.39 is 5.91 Å². The predicted molar refractivity (Wildman–Crippen MR) is 123 cm³/mol. The number of nitriles is 1. The maximum Gasteiger partial charge on any atom is 0.337 e. The van der Waals surface area contributed by atoms with Crippen LogP contribution in [0.15, 0.2) is 60.2 Å². The first-order valence-electron chi connectivity index (χ1n) is 10.2. The minimum absolute atomic E-state index is 0.0407. The third kappa shape index (κ3) is 4.79. The number of nitrogens with zero attached hydrogens (tertiary/aromatic N) is 2. The highest BCUT2D eigenvalue weighted by atomic mass is 16.5. The zero-order valence-corrected chi connectivity index (χ0v) is 18.6. The zero-order chi connectivity index (χ0) is 23.3. The van der Waals surface area contributed by atoms with Gasteiger partial charge in [0, 0.05) is 23.6 Å². The molecule has 0 saturated heterocycles. The Balaban J connectivity index is 1.89. The number of amides is 1. The predicted octanol–water partition coefficient (Wildman–Crippen LogP) is 4.41. The number of rotatable bonds is 6. The molecular formula is C26H25N3O3. The van der Waals surface area contributed by atoms with Crippen LogP contribution < -0.4 is 5.32 Å². The van der Waals surface area contributed by atoms with Gasteiger partial charge in [0.2, 0.25) is 0 Å². The molecule has 32 heavy (non-hydrogen) atoms. The SMILES string of the molecule is COC(=O)c1ccc(-n2c(C)cc(/C=C(/C#N)C(=O)NCc3ccccc3)c2C)c(C)c1. The van der Waals surface area contributed by atoms with Gasteiger partial charge in [0.25, 0.3) is 5.91 Å². The lowest BCUT2D eigenvalue weighted by Gasteiger charge is -2.14. The summed E-state index contributed by atoms with van der Waals surface area (Å²) in [6.45, 7) is 6.17. The Hall–Kier alpha value is -4.11. The van der Waals surface area contributed by atoms with Crippen molar-refractivity contribution in [3.8, 4) is 11.8 Å². The number of nitrogens with one attached hydrogen (secondary N) is 1. The first-order chi connectivity index (χ1) is 15.3. The van der Waals surface area contributed by atoms with E-state index >= 15 is 0 Å². The molecule has 162 valence electrons. The number of aromatic nitrogens is 1. The smallest absolute Gasteiger partial charge is 0.337 e. The molecule has 0 bridgehead atoms. The van der Waals surface area contributed by atoms with Crippen LogP contribution in [0.2, 0.25) is 0 Å². The largest absolute Gasteiger partial charge is 0.465 e. The van der Waals surface area contributed by atoms with Crippen LogP contribution in [0.5, 0.6) is 0 Å². The molecule has 0 fully saturated rings. The third-order valence-corrected chi connectivity index (χ3v) is 5.29. The number of hydrogen-bond acceptors (Lipinski definition) is 4. The molecule has 0 aliphatic rings. The van der Waals surface area contributed by atoms with Crippen LogP contribution in [0.3, 0.4) is 0 Å². The standard InChI is InChI=1S/C26H25N3O3/c1-17-12-21(26(31)32-4)10-11-24(17)29-18(2)13-22(19(29)3)14-23(15-27)25(30)28-16-20-8-6-5-7-9-20/h5-14H,16H2,1-4H3,(H,28,30)/b23-14-. The van der Waals surface area contributed by atoms with Crippen LogP contribution in [0.1, 0.15) is 38.4 Å². The minimum atomic E-state index is -0.417. The second-order valence-electron chi connectivity index (χ2n) is 7.49. The van der Waals surface area contributed by atoms with E-state index in [0.29, 0.717) is 12.1 Å². The zero-order valence-electron chi connectivity index (χ0n) is 18.6. The average molecular weight is 428 g/mol. The second-order valence-corrected chi connectivity index (χ2v) is 7.49. The molecule has 0 aliphatic carbocycles. The summed E-state index contributed by atoms with van der Waals surface area (Å²) in [7, 11) is 1.35. The van der Waals surface area contributed by atoms with Crippen molar-refractivity contribution < 1.29 is 14.3 Å². The van der Waals surface area contributed by atoms with Gasteiger partial charge in [0.1, 0.15) is 11.6 Å². The normalized spacial score (nSPS) is 11.0. The van der Waals surface area contributed by atoms with Gasteiger partial charge in [-0.15, -0.1) is 0 Å². The van der Waals surface area contributed by atoms with Crippen molar-refractivity contribution in [2.75, 3.05) is 7.11 Å². The maximum absolute atomic E-state index is 12.6. The number of benzene rings is 2. The molecule has 0 aliphatic heterocycles. The van der Waals surface area contributed by atoms with E-state index in [2.05, 4.69) is 5.32 Å². The molecule has 0 radical (unpaired) electrons. The van der Waals surface area contributed by atoms with E-state index in [0.717, 1.165) is 33.8 Å². The Morgan fingerprint density at radius 3 is 2.44 bits per heavy atom. The fourth-order valence-corrected chi connectivity index (χ4v) is 3.63. The van der Waals surface area contributed by atoms with Crippen LogP contribution >= 0.6 is 0 Å². The van der Waals surface area contributed by atoms with Crippen LogP contribution in [0, 0.1) is 32.1 Å². The lowest BCUT2D eigenvalue weighted by Crippen LogP contribution is -2.23. The van der Waals surface area contributed by atoms with Gasteiger partial charge in [0.05, 0.1) is 12.7 Å². The molecule has 1 aromatic heterocycles. The number of aryl methyl sites for hydroxylation is 2. The van der Waals surface area contributed by atoms with Gasteiger partial charge in [-0.1, -0.05) is 30.3 Å². The van der Waals surface area contributed by atoms with Gasteiger partial charge in [-0.2, -0.15) is 5.26 Å². The van der Waals surface area contributed by atoms with Crippen LogP contribution in [-0.4, -0.2) is 23.6 Å². The molecule has 0 unspecified atom stereocenters. The Morgan fingerprint density at radius 1 is 1.09 bits per heavy atom. The number of hydrogen-bond donors (Lipinski definition) is 1. The lowest BCUT2D eigenvalue weighted by atomic mass is 10.1. The van der Waals surface area contributed by atoms with Gasteiger partial charge in [-0.25, -0.2) is 4.79 Å². The monoisotopic (exact) mass is 427 g/mol. The summed E-state index contributed by atoms with van der Waals surface area (Å²) >= 11 is 0. The van der Waals surface area contributed by atoms with E-state index in [4.69, 9.17) is 4.74 Å². The van der Waals surface area contributed by atoms with Crippen molar-refractivity contribution in [2.45, 2.75) is 27.3 Å². The van der Waals surface area contributed by atoms with Gasteiger partial charge >= 0.3 is 5.97 Å². The molecule has 1 amide bonds. The quantitative estimate of drug-likeness (QED) is 0.359. The number of carbonyl (C=O) groups is 2. The summed E-state index contributed by atoms with van der Waals surface area (Å²) in [5.41, 5.74) is 5.93. The van der Waals surface area contributed by atoms with Gasteiger partial charge in [-0.3, -0.25) is 4.79 Å². The molecule has 1 heterocycles. The fourth-order valence-electron chi connectivity index (χ4n) is 3.63. The summed E-state index contributed by atoms with van der Waals surface area (Å²) < 4.78 is 6.83. The Morgan fingerprint density at radius 2 is 1.81 bits per heavy atom. The molecule has 3 rings (SSSR count). The number of esters is 1. The number of ether oxygens (including phenoxy) is 1. The van der Waals surface area contributed by atoms with E-state index in [9.17, 15) is 14.9 Å². The van der Waals surface area contributed by atoms with E-state index in [1.807, 2.05) is 73.9 Å². The molecular weight excluding hydrogens is 402 g/mol. The average Bonchev–Trinajstić information content (AvgIpc) is 3.08. The number of methoxy groups -OCH3 is 1. The van der Waals surface area contributed by atoms with Crippen LogP contribution in [0.25, 0.3) is 11.8 Å². The third-order valence-electron chi connectivity index (χ3n) is 5.29. The van der Waals surface area contributed by atoms with Crippen LogP contribution in [-0.2, 0) is 16.1 Å². The summed E-state index contributed by atoms with van der Waals surface area (Å²) in [5, 5.41) is 12.4. The molecule has 0 atom stereocenters. The molecule has 6 nitrogen and oxygen atoms in total. The second kappa shape index (κ2) is 9.80. The first-order valence-corrected chi connectivity index (χ1v) is 10.2. The Kier molecular flexibility index (Phi) is 6.91. The van der Waals surface area contributed by atoms with E-state index in [1.54, 1.807) is 18.2 Å². The van der Waals surface area contributed by atoms with Crippen molar-refractivity contribution in [1.82, 2.24) is 9.88 Å². The fraction of sp³-hybridized carbons (Fsp3) is 0.192. The molecule has 0 saturated carbocycles.